The summed E-state index contributed by atoms with van der Waals surface area (Å²) in [6.45, 7) is 0. The maximum absolute atomic E-state index is 12.2. The molecule has 0 unspecified atom stereocenters. The van der Waals surface area contributed by atoms with Gasteiger partial charge in [0.1, 0.15) is 11.4 Å². The van der Waals surface area contributed by atoms with Crippen molar-refractivity contribution in [3.63, 3.8) is 0 Å². The van der Waals surface area contributed by atoms with Crippen LogP contribution in [0.5, 0.6) is 5.75 Å². The van der Waals surface area contributed by atoms with E-state index in [1.807, 2.05) is 30.3 Å². The zero-order chi connectivity index (χ0) is 18.6. The number of hydrogen-bond donors (Lipinski definition) is 2. The summed E-state index contributed by atoms with van der Waals surface area (Å²) in [6, 6.07) is 14.2. The van der Waals surface area contributed by atoms with Crippen molar-refractivity contribution < 1.29 is 22.7 Å². The number of alkyl halides is 3. The summed E-state index contributed by atoms with van der Waals surface area (Å²) in [5, 5.41) is 7.78. The zero-order valence-electron chi connectivity index (χ0n) is 13.1. The van der Waals surface area contributed by atoms with Crippen LogP contribution in [-0.4, -0.2) is 17.3 Å². The van der Waals surface area contributed by atoms with Crippen molar-refractivity contribution >= 4 is 33.8 Å². The number of rotatable bonds is 5. The summed E-state index contributed by atoms with van der Waals surface area (Å²) in [5.74, 6) is -0.828. The van der Waals surface area contributed by atoms with Crippen LogP contribution in [0.1, 0.15) is 10.5 Å². The summed E-state index contributed by atoms with van der Waals surface area (Å²) in [4.78, 5) is 16.4. The number of carbonyl (C=O) groups excluding carboxylic acids is 1. The maximum Gasteiger partial charge on any atom is 0.573 e. The van der Waals surface area contributed by atoms with Gasteiger partial charge >= 0.3 is 6.36 Å². The molecule has 2 aromatic carbocycles. The molecule has 0 fully saturated rings. The van der Waals surface area contributed by atoms with Gasteiger partial charge in [-0.2, -0.15) is 0 Å². The summed E-state index contributed by atoms with van der Waals surface area (Å²) in [6.07, 6.45) is -4.76. The molecule has 1 heterocycles. The Kier molecular flexibility index (Phi) is 5.08. The Hall–Kier alpha value is -3.07. The largest absolute Gasteiger partial charge is 0.573 e. The number of thiazole rings is 1. The second kappa shape index (κ2) is 7.44. The van der Waals surface area contributed by atoms with E-state index in [1.165, 1.54) is 23.5 Å². The molecule has 0 bridgehead atoms. The molecule has 1 aromatic heterocycles. The first-order valence-corrected chi connectivity index (χ1v) is 8.22. The minimum absolute atomic E-state index is 0.198. The molecular formula is C17H12F3N3O2S. The lowest BCUT2D eigenvalue weighted by Crippen LogP contribution is -2.17. The fourth-order valence-corrected chi connectivity index (χ4v) is 2.73. The standard InChI is InChI=1S/C17H12F3N3O2S/c18-17(19,20)25-13-8-6-12(7-9-13)21-15(24)14-10-26-16(23-14)22-11-4-2-1-3-5-11/h1-10H,(H,21,24)(H,22,23). The molecule has 0 spiro atoms. The molecule has 0 saturated heterocycles. The van der Waals surface area contributed by atoms with Crippen LogP contribution in [0.2, 0.25) is 0 Å². The van der Waals surface area contributed by atoms with Gasteiger partial charge in [-0.05, 0) is 36.4 Å². The summed E-state index contributed by atoms with van der Waals surface area (Å²) < 4.78 is 40.2. The molecule has 0 saturated carbocycles. The smallest absolute Gasteiger partial charge is 0.406 e. The van der Waals surface area contributed by atoms with E-state index in [-0.39, 0.29) is 11.4 Å². The van der Waals surface area contributed by atoms with Crippen LogP contribution in [0.25, 0.3) is 0 Å². The quantitative estimate of drug-likeness (QED) is 0.652. The van der Waals surface area contributed by atoms with Crippen molar-refractivity contribution in [2.24, 2.45) is 0 Å². The third-order valence-corrected chi connectivity index (χ3v) is 3.87. The van der Waals surface area contributed by atoms with E-state index in [2.05, 4.69) is 20.4 Å². The molecule has 0 aliphatic carbocycles. The van der Waals surface area contributed by atoms with Gasteiger partial charge in [-0.15, -0.1) is 24.5 Å². The van der Waals surface area contributed by atoms with Crippen molar-refractivity contribution in [2.75, 3.05) is 10.6 Å². The molecule has 0 aliphatic heterocycles. The van der Waals surface area contributed by atoms with Crippen molar-refractivity contribution in [1.29, 1.82) is 0 Å². The topological polar surface area (TPSA) is 63.2 Å². The lowest BCUT2D eigenvalue weighted by molar-refractivity contribution is -0.274. The van der Waals surface area contributed by atoms with Gasteiger partial charge in [0.25, 0.3) is 5.91 Å². The van der Waals surface area contributed by atoms with Gasteiger partial charge in [-0.3, -0.25) is 4.79 Å². The number of para-hydroxylation sites is 1. The Labute approximate surface area is 150 Å². The second-order valence-corrected chi connectivity index (χ2v) is 5.91. The molecule has 0 aliphatic rings. The van der Waals surface area contributed by atoms with Crippen molar-refractivity contribution in [3.05, 3.63) is 65.7 Å². The van der Waals surface area contributed by atoms with Gasteiger partial charge in [0.2, 0.25) is 0 Å². The minimum atomic E-state index is -4.76. The first kappa shape index (κ1) is 17.7. The maximum atomic E-state index is 12.2. The molecule has 26 heavy (non-hydrogen) atoms. The highest BCUT2D eigenvalue weighted by molar-refractivity contribution is 7.14. The van der Waals surface area contributed by atoms with Gasteiger partial charge in [0, 0.05) is 16.8 Å². The lowest BCUT2D eigenvalue weighted by atomic mass is 10.3. The normalized spacial score (nSPS) is 11.0. The van der Waals surface area contributed by atoms with Crippen molar-refractivity contribution in [3.8, 4) is 5.75 Å². The first-order valence-electron chi connectivity index (χ1n) is 7.34. The number of benzene rings is 2. The van der Waals surface area contributed by atoms with E-state index in [9.17, 15) is 18.0 Å². The van der Waals surface area contributed by atoms with E-state index in [0.717, 1.165) is 17.8 Å². The number of hydrogen-bond acceptors (Lipinski definition) is 5. The van der Waals surface area contributed by atoms with Gasteiger partial charge in [0.15, 0.2) is 5.13 Å². The summed E-state index contributed by atoms with van der Waals surface area (Å²) in [7, 11) is 0. The molecule has 5 nitrogen and oxygen atoms in total. The molecule has 3 aromatic rings. The van der Waals surface area contributed by atoms with Crippen LogP contribution in [0, 0.1) is 0 Å². The molecule has 1 amide bonds. The van der Waals surface area contributed by atoms with Crippen molar-refractivity contribution in [2.45, 2.75) is 6.36 Å². The van der Waals surface area contributed by atoms with Gasteiger partial charge < -0.3 is 15.4 Å². The van der Waals surface area contributed by atoms with E-state index in [1.54, 1.807) is 5.38 Å². The van der Waals surface area contributed by atoms with Crippen LogP contribution < -0.4 is 15.4 Å². The number of carbonyl (C=O) groups is 1. The Balaban J connectivity index is 1.61. The van der Waals surface area contributed by atoms with E-state index >= 15 is 0 Å². The third-order valence-electron chi connectivity index (χ3n) is 3.11. The summed E-state index contributed by atoms with van der Waals surface area (Å²) >= 11 is 1.26. The molecule has 9 heteroatoms. The molecule has 2 N–H and O–H groups in total. The van der Waals surface area contributed by atoms with Crippen LogP contribution in [-0.2, 0) is 0 Å². The Morgan fingerprint density at radius 1 is 1.00 bits per heavy atom. The monoisotopic (exact) mass is 379 g/mol. The number of amides is 1. The number of ether oxygens (including phenoxy) is 1. The first-order chi connectivity index (χ1) is 12.4. The minimum Gasteiger partial charge on any atom is -0.406 e. The van der Waals surface area contributed by atoms with Crippen LogP contribution >= 0.6 is 11.3 Å². The second-order valence-electron chi connectivity index (χ2n) is 5.06. The van der Waals surface area contributed by atoms with Crippen LogP contribution in [0.4, 0.5) is 29.7 Å². The van der Waals surface area contributed by atoms with Gasteiger partial charge in [-0.25, -0.2) is 4.98 Å². The SMILES string of the molecule is O=C(Nc1ccc(OC(F)(F)F)cc1)c1csc(Nc2ccccc2)n1. The predicted octanol–water partition coefficient (Wildman–Crippen LogP) is 5.04. The van der Waals surface area contributed by atoms with E-state index in [0.29, 0.717) is 10.8 Å². The number of nitrogens with one attached hydrogen (secondary N) is 2. The third kappa shape index (κ3) is 4.96. The fraction of sp³-hybridized carbons (Fsp3) is 0.0588. The lowest BCUT2D eigenvalue weighted by Gasteiger charge is -2.09. The Morgan fingerprint density at radius 2 is 1.69 bits per heavy atom. The number of aromatic nitrogens is 1. The highest BCUT2D eigenvalue weighted by atomic mass is 32.1. The fourth-order valence-electron chi connectivity index (χ4n) is 2.02. The molecule has 0 atom stereocenters. The van der Waals surface area contributed by atoms with Crippen LogP contribution in [0.3, 0.4) is 0 Å². The average Bonchev–Trinajstić information content (AvgIpc) is 3.05. The van der Waals surface area contributed by atoms with Crippen molar-refractivity contribution in [1.82, 2.24) is 4.98 Å². The molecule has 134 valence electrons. The molecule has 0 radical (unpaired) electrons. The highest BCUT2D eigenvalue weighted by Gasteiger charge is 2.30. The number of anilines is 3. The Morgan fingerprint density at radius 3 is 2.35 bits per heavy atom. The number of halogens is 3. The molecule has 3 rings (SSSR count). The van der Waals surface area contributed by atoms with E-state index in [4.69, 9.17) is 0 Å². The predicted molar refractivity (Wildman–Crippen MR) is 92.9 cm³/mol. The van der Waals surface area contributed by atoms with Crippen LogP contribution in [0.15, 0.2) is 60.0 Å². The average molecular weight is 379 g/mol. The summed E-state index contributed by atoms with van der Waals surface area (Å²) in [5.41, 5.74) is 1.37. The zero-order valence-corrected chi connectivity index (χ0v) is 13.9. The van der Waals surface area contributed by atoms with Gasteiger partial charge in [-0.1, -0.05) is 18.2 Å². The van der Waals surface area contributed by atoms with E-state index < -0.39 is 12.3 Å². The number of nitrogens with zero attached hydrogens (tertiary/aromatic N) is 1. The highest BCUT2D eigenvalue weighted by Crippen LogP contribution is 2.25. The molecular weight excluding hydrogens is 367 g/mol. The Bertz CT molecular complexity index is 880. The van der Waals surface area contributed by atoms with Gasteiger partial charge in [0.05, 0.1) is 0 Å².